The van der Waals surface area contributed by atoms with Gasteiger partial charge in [-0.25, -0.2) is 4.98 Å². The molecule has 1 atom stereocenters. The Kier molecular flexibility index (Phi) is 4.32. The molecule has 4 rings (SSSR count). The number of nitrogens with zero attached hydrogens (tertiary/aromatic N) is 3. The van der Waals surface area contributed by atoms with Gasteiger partial charge in [0, 0.05) is 11.9 Å². The van der Waals surface area contributed by atoms with E-state index in [1.54, 1.807) is 25.3 Å². The van der Waals surface area contributed by atoms with Crippen molar-refractivity contribution >= 4 is 39.2 Å². The van der Waals surface area contributed by atoms with Crippen molar-refractivity contribution in [3.63, 3.8) is 0 Å². The van der Waals surface area contributed by atoms with Crippen LogP contribution in [0.1, 0.15) is 36.6 Å². The number of hydrogen-bond acceptors (Lipinski definition) is 6. The molecule has 1 N–H and O–H groups in total. The number of thiophene rings is 1. The van der Waals surface area contributed by atoms with E-state index in [4.69, 9.17) is 0 Å². The minimum atomic E-state index is -0.796. The number of aromatic nitrogens is 2. The summed E-state index contributed by atoms with van der Waals surface area (Å²) in [6.07, 6.45) is 5.05. The van der Waals surface area contributed by atoms with Crippen LogP contribution < -0.4 is 10.9 Å². The molecule has 0 aromatic carbocycles. The zero-order chi connectivity index (χ0) is 18.5. The van der Waals surface area contributed by atoms with Gasteiger partial charge in [-0.15, -0.1) is 11.3 Å². The van der Waals surface area contributed by atoms with Crippen molar-refractivity contribution in [2.45, 2.75) is 49.7 Å². The average Bonchev–Trinajstić information content (AvgIpc) is 3.29. The van der Waals surface area contributed by atoms with E-state index in [1.165, 1.54) is 26.8 Å². The Morgan fingerprint density at radius 3 is 2.96 bits per heavy atom. The quantitative estimate of drug-likeness (QED) is 0.628. The first-order chi connectivity index (χ1) is 12.4. The number of nitrogens with one attached hydrogen (secondary N) is 1. The molecule has 1 fully saturated rings. The topological polar surface area (TPSA) is 87.8 Å². The molecule has 2 heterocycles. The number of thioether (sulfide) groups is 1. The van der Waals surface area contributed by atoms with Gasteiger partial charge in [0.15, 0.2) is 5.16 Å². The van der Waals surface area contributed by atoms with E-state index in [0.717, 1.165) is 42.3 Å². The highest BCUT2D eigenvalue weighted by molar-refractivity contribution is 7.99. The van der Waals surface area contributed by atoms with Crippen LogP contribution in [0.15, 0.2) is 9.95 Å². The molecule has 2 aromatic rings. The predicted molar refractivity (Wildman–Crippen MR) is 102 cm³/mol. The lowest BCUT2D eigenvalue weighted by atomic mass is 9.98. The molecule has 2 aromatic heterocycles. The number of nitriles is 1. The molecule has 1 unspecified atom stereocenters. The fourth-order valence-corrected chi connectivity index (χ4v) is 5.65. The van der Waals surface area contributed by atoms with Crippen LogP contribution in [-0.2, 0) is 24.7 Å². The fraction of sp³-hybridized carbons (Fsp3) is 0.556. The van der Waals surface area contributed by atoms with Crippen LogP contribution in [-0.4, -0.2) is 26.8 Å². The van der Waals surface area contributed by atoms with Crippen LogP contribution in [0, 0.1) is 17.2 Å². The third kappa shape index (κ3) is 2.93. The van der Waals surface area contributed by atoms with Crippen molar-refractivity contribution in [2.24, 2.45) is 13.0 Å². The summed E-state index contributed by atoms with van der Waals surface area (Å²) in [5, 5.41) is 13.5. The van der Waals surface area contributed by atoms with Crippen LogP contribution in [0.5, 0.6) is 0 Å². The summed E-state index contributed by atoms with van der Waals surface area (Å²) in [5.41, 5.74) is 0.342. The number of hydrogen-bond donors (Lipinski definition) is 1. The second-order valence-electron chi connectivity index (χ2n) is 7.22. The average molecular weight is 389 g/mol. The number of fused-ring (bicyclic) bond motifs is 3. The van der Waals surface area contributed by atoms with Gasteiger partial charge >= 0.3 is 0 Å². The van der Waals surface area contributed by atoms with Gasteiger partial charge in [0.1, 0.15) is 10.4 Å². The van der Waals surface area contributed by atoms with Gasteiger partial charge in [-0.3, -0.25) is 14.2 Å². The molecule has 1 amide bonds. The SMILES string of the molecule is Cn1c(SCC(=O)NC(C)(C#N)C2CC2)nc2sc3c(c2c1=O)CCC3. The molecular formula is C18H20N4O2S2. The fourth-order valence-electron chi connectivity index (χ4n) is 3.57. The predicted octanol–water partition coefficient (Wildman–Crippen LogP) is 2.38. The summed E-state index contributed by atoms with van der Waals surface area (Å²) >= 11 is 2.85. The zero-order valence-corrected chi connectivity index (χ0v) is 16.4. The summed E-state index contributed by atoms with van der Waals surface area (Å²) in [4.78, 5) is 31.8. The maximum absolute atomic E-state index is 12.8. The monoisotopic (exact) mass is 388 g/mol. The summed E-state index contributed by atoms with van der Waals surface area (Å²) in [5.74, 6) is 0.184. The molecular weight excluding hydrogens is 368 g/mol. The Hall–Kier alpha value is -1.85. The van der Waals surface area contributed by atoms with Gasteiger partial charge in [0.2, 0.25) is 5.91 Å². The lowest BCUT2D eigenvalue weighted by Gasteiger charge is -2.22. The van der Waals surface area contributed by atoms with Crippen molar-refractivity contribution in [3.05, 3.63) is 20.8 Å². The molecule has 1 saturated carbocycles. The molecule has 0 radical (unpaired) electrons. The Morgan fingerprint density at radius 1 is 1.50 bits per heavy atom. The number of carbonyl (C=O) groups is 1. The van der Waals surface area contributed by atoms with Gasteiger partial charge in [0.25, 0.3) is 5.56 Å². The number of aryl methyl sites for hydroxylation is 2. The first-order valence-electron chi connectivity index (χ1n) is 8.79. The van der Waals surface area contributed by atoms with Gasteiger partial charge in [0.05, 0.1) is 17.2 Å². The minimum Gasteiger partial charge on any atom is -0.337 e. The maximum Gasteiger partial charge on any atom is 0.262 e. The number of amides is 1. The Balaban J connectivity index is 1.53. The molecule has 136 valence electrons. The van der Waals surface area contributed by atoms with Crippen LogP contribution in [0.3, 0.4) is 0 Å². The zero-order valence-electron chi connectivity index (χ0n) is 14.8. The Labute approximate surface area is 159 Å². The van der Waals surface area contributed by atoms with Crippen LogP contribution in [0.2, 0.25) is 0 Å². The normalized spacial score (nSPS) is 18.3. The highest BCUT2D eigenvalue weighted by Gasteiger charge is 2.43. The molecule has 0 aliphatic heterocycles. The molecule has 6 nitrogen and oxygen atoms in total. The van der Waals surface area contributed by atoms with E-state index < -0.39 is 5.54 Å². The Morgan fingerprint density at radius 2 is 2.27 bits per heavy atom. The molecule has 26 heavy (non-hydrogen) atoms. The summed E-state index contributed by atoms with van der Waals surface area (Å²) < 4.78 is 1.54. The van der Waals surface area contributed by atoms with Gasteiger partial charge < -0.3 is 5.32 Å². The van der Waals surface area contributed by atoms with E-state index in [-0.39, 0.29) is 23.1 Å². The summed E-state index contributed by atoms with van der Waals surface area (Å²) in [6.45, 7) is 1.78. The maximum atomic E-state index is 12.8. The molecule has 0 saturated heterocycles. The van der Waals surface area contributed by atoms with Crippen molar-refractivity contribution < 1.29 is 4.79 Å². The van der Waals surface area contributed by atoms with E-state index in [1.807, 2.05) is 0 Å². The molecule has 0 spiro atoms. The summed E-state index contributed by atoms with van der Waals surface area (Å²) in [6, 6.07) is 2.23. The standard InChI is InChI=1S/C18H20N4O2S2/c1-18(9-19,10-6-7-10)21-13(23)8-25-17-20-15-14(16(24)22(17)2)11-4-3-5-12(11)26-15/h10H,3-8H2,1-2H3,(H,21,23). The van der Waals surface area contributed by atoms with Crippen LogP contribution in [0.25, 0.3) is 10.2 Å². The van der Waals surface area contributed by atoms with E-state index in [9.17, 15) is 14.9 Å². The van der Waals surface area contributed by atoms with E-state index in [0.29, 0.717) is 5.16 Å². The molecule has 0 bridgehead atoms. The second-order valence-corrected chi connectivity index (χ2v) is 9.25. The second kappa shape index (κ2) is 6.39. The Bertz CT molecular complexity index is 999. The lowest BCUT2D eigenvalue weighted by Crippen LogP contribution is -2.47. The van der Waals surface area contributed by atoms with Crippen molar-refractivity contribution in [2.75, 3.05) is 5.75 Å². The highest BCUT2D eigenvalue weighted by atomic mass is 32.2. The summed E-state index contributed by atoms with van der Waals surface area (Å²) in [7, 11) is 1.71. The van der Waals surface area contributed by atoms with Crippen molar-refractivity contribution in [1.82, 2.24) is 14.9 Å². The van der Waals surface area contributed by atoms with Crippen molar-refractivity contribution in [3.8, 4) is 6.07 Å². The number of rotatable bonds is 5. The minimum absolute atomic E-state index is 0.0304. The molecule has 8 heteroatoms. The molecule has 2 aliphatic carbocycles. The van der Waals surface area contributed by atoms with Crippen LogP contribution >= 0.6 is 23.1 Å². The molecule has 2 aliphatic rings. The first kappa shape index (κ1) is 17.6. The first-order valence-corrected chi connectivity index (χ1v) is 10.6. The lowest BCUT2D eigenvalue weighted by molar-refractivity contribution is -0.119. The largest absolute Gasteiger partial charge is 0.337 e. The van der Waals surface area contributed by atoms with Gasteiger partial charge in [-0.2, -0.15) is 5.26 Å². The third-order valence-electron chi connectivity index (χ3n) is 5.26. The third-order valence-corrected chi connectivity index (χ3v) is 7.48. The van der Waals surface area contributed by atoms with Gasteiger partial charge in [-0.1, -0.05) is 11.8 Å². The highest BCUT2D eigenvalue weighted by Crippen LogP contribution is 2.39. The van der Waals surface area contributed by atoms with Gasteiger partial charge in [-0.05, 0) is 50.5 Å². The van der Waals surface area contributed by atoms with Crippen molar-refractivity contribution in [1.29, 1.82) is 5.26 Å². The number of carbonyl (C=O) groups excluding carboxylic acids is 1. The smallest absolute Gasteiger partial charge is 0.262 e. The van der Waals surface area contributed by atoms with Crippen LogP contribution in [0.4, 0.5) is 0 Å². The van der Waals surface area contributed by atoms with E-state index >= 15 is 0 Å². The van der Waals surface area contributed by atoms with E-state index in [2.05, 4.69) is 16.4 Å².